The van der Waals surface area contributed by atoms with Gasteiger partial charge < -0.3 is 25.0 Å². The highest BCUT2D eigenvalue weighted by Gasteiger charge is 2.34. The van der Waals surface area contributed by atoms with E-state index in [1.54, 1.807) is 24.5 Å². The number of pyridine rings is 1. The number of hydrogen-bond donors (Lipinski definition) is 3. The molecule has 0 aliphatic carbocycles. The summed E-state index contributed by atoms with van der Waals surface area (Å²) >= 11 is 0. The van der Waals surface area contributed by atoms with Crippen molar-refractivity contribution in [3.05, 3.63) is 161 Å². The van der Waals surface area contributed by atoms with Crippen LogP contribution in [-0.2, 0) is 22.6 Å². The number of hydrogen-bond acceptors (Lipinski definition) is 7. The van der Waals surface area contributed by atoms with Gasteiger partial charge in [0.15, 0.2) is 6.29 Å². The second-order valence-electron chi connectivity index (χ2n) is 12.6. The van der Waals surface area contributed by atoms with Gasteiger partial charge in [-0.15, -0.1) is 0 Å². The van der Waals surface area contributed by atoms with E-state index in [0.29, 0.717) is 25.1 Å². The maximum atomic E-state index is 12.6. The van der Waals surface area contributed by atoms with Gasteiger partial charge in [0.25, 0.3) is 5.91 Å². The highest BCUT2D eigenvalue weighted by atomic mass is 16.7. The largest absolute Gasteiger partial charge is 0.392 e. The summed E-state index contributed by atoms with van der Waals surface area (Å²) in [6, 6.07) is 37.2. The number of nitrogens with zero attached hydrogens (tertiary/aromatic N) is 2. The zero-order chi connectivity index (χ0) is 34.2. The lowest BCUT2D eigenvalue weighted by atomic mass is 9.97. The van der Waals surface area contributed by atoms with E-state index in [2.05, 4.69) is 39.5 Å². The summed E-state index contributed by atoms with van der Waals surface area (Å²) in [5.74, 6) is -0.170. The minimum absolute atomic E-state index is 0.0164. The van der Waals surface area contributed by atoms with Gasteiger partial charge in [-0.3, -0.25) is 14.7 Å². The number of carbonyl (C=O) groups is 1. The number of aliphatic hydroxyl groups excluding tert-OH is 2. The number of ether oxygens (including phenoxy) is 2. The van der Waals surface area contributed by atoms with Crippen LogP contribution in [0.5, 0.6) is 0 Å². The molecule has 1 aliphatic rings. The van der Waals surface area contributed by atoms with Crippen molar-refractivity contribution in [2.45, 2.75) is 57.1 Å². The van der Waals surface area contributed by atoms with Crippen LogP contribution in [0.25, 0.3) is 11.1 Å². The van der Waals surface area contributed by atoms with E-state index in [1.807, 2.05) is 92.8 Å². The summed E-state index contributed by atoms with van der Waals surface area (Å²) in [7, 11) is 2.02. The lowest BCUT2D eigenvalue weighted by Crippen LogP contribution is -2.43. The zero-order valence-electron chi connectivity index (χ0n) is 27.9. The number of likely N-dealkylation sites (N-methyl/N-ethyl adjacent to an activating group) is 1. The average molecular weight is 658 g/mol. The summed E-state index contributed by atoms with van der Waals surface area (Å²) in [5.41, 5.74) is 7.17. The molecule has 49 heavy (non-hydrogen) atoms. The molecule has 0 bridgehead atoms. The Morgan fingerprint density at radius 3 is 2.37 bits per heavy atom. The van der Waals surface area contributed by atoms with E-state index in [0.717, 1.165) is 38.9 Å². The molecule has 0 unspecified atom stereocenters. The Hall–Kier alpha value is -4.70. The van der Waals surface area contributed by atoms with Gasteiger partial charge in [-0.05, 0) is 71.6 Å². The molecule has 2 heterocycles. The lowest BCUT2D eigenvalue weighted by Gasteiger charge is -2.39. The number of aromatic nitrogens is 1. The molecule has 252 valence electrons. The molecule has 8 nitrogen and oxygen atoms in total. The van der Waals surface area contributed by atoms with Gasteiger partial charge in [-0.25, -0.2) is 0 Å². The van der Waals surface area contributed by atoms with Crippen molar-refractivity contribution >= 4 is 5.91 Å². The number of aliphatic hydroxyl groups is 2. The van der Waals surface area contributed by atoms with Crippen LogP contribution < -0.4 is 5.32 Å². The molecule has 1 aromatic heterocycles. The predicted octanol–water partition coefficient (Wildman–Crippen LogP) is 6.77. The number of carbonyl (C=O) groups excluding carboxylic acids is 1. The van der Waals surface area contributed by atoms with E-state index in [-0.39, 0.29) is 30.8 Å². The van der Waals surface area contributed by atoms with Crippen LogP contribution in [0.4, 0.5) is 0 Å². The quantitative estimate of drug-likeness (QED) is 0.136. The van der Waals surface area contributed by atoms with Crippen molar-refractivity contribution in [3.8, 4) is 11.1 Å². The standard InChI is InChI=1S/C41H43N3O5/c1-28(39(46)32-10-4-3-5-11-32)44(2)26-37-23-38(31-18-16-29(27-45)17-19-31)49-41(48-37)35-14-7-13-34(22-35)33-12-6-9-30(21-33)24-43-40(47)36-15-8-20-42-25-36/h3-22,25,28,37-39,41,45-46H,23-24,26-27H2,1-2H3,(H,43,47)/t28-,37+,38-,39-,41-/m1/s1. The van der Waals surface area contributed by atoms with E-state index >= 15 is 0 Å². The normalized spacial score (nSPS) is 18.9. The Morgan fingerprint density at radius 1 is 0.878 bits per heavy atom. The molecular weight excluding hydrogens is 614 g/mol. The number of rotatable bonds is 12. The fraction of sp³-hybridized carbons (Fsp3) is 0.268. The molecule has 3 N–H and O–H groups in total. The molecule has 5 atom stereocenters. The molecule has 1 saturated heterocycles. The summed E-state index contributed by atoms with van der Waals surface area (Å²) in [6.07, 6.45) is 2.18. The van der Waals surface area contributed by atoms with Gasteiger partial charge in [0.05, 0.1) is 30.5 Å². The molecule has 1 aliphatic heterocycles. The minimum Gasteiger partial charge on any atom is -0.392 e. The first-order chi connectivity index (χ1) is 23.9. The molecule has 5 aromatic rings. The Bertz CT molecular complexity index is 1800. The maximum absolute atomic E-state index is 12.6. The van der Waals surface area contributed by atoms with Crippen molar-refractivity contribution in [1.82, 2.24) is 15.2 Å². The predicted molar refractivity (Wildman–Crippen MR) is 189 cm³/mol. The smallest absolute Gasteiger partial charge is 0.253 e. The molecule has 0 radical (unpaired) electrons. The molecule has 1 fully saturated rings. The van der Waals surface area contributed by atoms with Gasteiger partial charge in [-0.1, -0.05) is 91.0 Å². The van der Waals surface area contributed by atoms with Gasteiger partial charge in [-0.2, -0.15) is 0 Å². The third-order valence-electron chi connectivity index (χ3n) is 9.20. The Kier molecular flexibility index (Phi) is 11.3. The topological polar surface area (TPSA) is 104 Å². The van der Waals surface area contributed by atoms with Gasteiger partial charge >= 0.3 is 0 Å². The van der Waals surface area contributed by atoms with Gasteiger partial charge in [0, 0.05) is 43.5 Å². The zero-order valence-corrected chi connectivity index (χ0v) is 27.9. The third-order valence-corrected chi connectivity index (χ3v) is 9.20. The van der Waals surface area contributed by atoms with Crippen molar-refractivity contribution < 1.29 is 24.5 Å². The van der Waals surface area contributed by atoms with Gasteiger partial charge in [0.1, 0.15) is 0 Å². The lowest BCUT2D eigenvalue weighted by molar-refractivity contribution is -0.253. The van der Waals surface area contributed by atoms with Crippen molar-refractivity contribution in [3.63, 3.8) is 0 Å². The molecule has 0 saturated carbocycles. The molecule has 1 amide bonds. The number of amides is 1. The minimum atomic E-state index is -0.639. The van der Waals surface area contributed by atoms with Crippen LogP contribution in [0.3, 0.4) is 0 Å². The third kappa shape index (κ3) is 8.67. The monoisotopic (exact) mass is 657 g/mol. The first kappa shape index (κ1) is 34.2. The molecule has 8 heteroatoms. The summed E-state index contributed by atoms with van der Waals surface area (Å²) in [5, 5.41) is 23.7. The molecule has 4 aromatic carbocycles. The molecule has 6 rings (SSSR count). The van der Waals surface area contributed by atoms with Gasteiger partial charge in [0.2, 0.25) is 0 Å². The second kappa shape index (κ2) is 16.1. The Labute approximate surface area is 288 Å². The first-order valence-electron chi connectivity index (χ1n) is 16.7. The van der Waals surface area contributed by atoms with Crippen LogP contribution in [0.1, 0.15) is 70.0 Å². The fourth-order valence-corrected chi connectivity index (χ4v) is 6.20. The van der Waals surface area contributed by atoms with E-state index in [9.17, 15) is 15.0 Å². The Morgan fingerprint density at radius 2 is 1.63 bits per heavy atom. The first-order valence-corrected chi connectivity index (χ1v) is 16.7. The highest BCUT2D eigenvalue weighted by Crippen LogP contribution is 2.39. The highest BCUT2D eigenvalue weighted by molar-refractivity contribution is 5.93. The number of benzene rings is 4. The Balaban J connectivity index is 1.20. The van der Waals surface area contributed by atoms with E-state index in [1.165, 1.54) is 0 Å². The fourth-order valence-electron chi connectivity index (χ4n) is 6.20. The molecule has 0 spiro atoms. The van der Waals surface area contributed by atoms with Crippen molar-refractivity contribution in [1.29, 1.82) is 0 Å². The molecular formula is C41H43N3O5. The van der Waals surface area contributed by atoms with Crippen LogP contribution >= 0.6 is 0 Å². The van der Waals surface area contributed by atoms with Crippen molar-refractivity contribution in [2.75, 3.05) is 13.6 Å². The maximum Gasteiger partial charge on any atom is 0.253 e. The summed E-state index contributed by atoms with van der Waals surface area (Å²) in [4.78, 5) is 18.8. The van der Waals surface area contributed by atoms with E-state index in [4.69, 9.17) is 9.47 Å². The van der Waals surface area contributed by atoms with Crippen LogP contribution in [0.2, 0.25) is 0 Å². The summed E-state index contributed by atoms with van der Waals surface area (Å²) < 4.78 is 13.3. The van der Waals surface area contributed by atoms with Crippen LogP contribution in [0.15, 0.2) is 128 Å². The SMILES string of the molecule is C[C@H]([C@@H](O)c1ccccc1)N(C)C[C@@H]1C[C@H](c2ccc(CO)cc2)O[C@H](c2cccc(-c3cccc(CNC(=O)c4cccnc4)c3)c2)O1. The van der Waals surface area contributed by atoms with Crippen LogP contribution in [0, 0.1) is 0 Å². The van der Waals surface area contributed by atoms with Crippen LogP contribution in [-0.4, -0.2) is 51.7 Å². The average Bonchev–Trinajstić information content (AvgIpc) is 3.17. The van der Waals surface area contributed by atoms with E-state index < -0.39 is 12.4 Å². The summed E-state index contributed by atoms with van der Waals surface area (Å²) in [6.45, 7) is 3.00. The second-order valence-corrected chi connectivity index (χ2v) is 12.6. The van der Waals surface area contributed by atoms with Crippen molar-refractivity contribution in [2.24, 2.45) is 0 Å². The number of nitrogens with one attached hydrogen (secondary N) is 1.